The second kappa shape index (κ2) is 10.7. The number of anilines is 4. The summed E-state index contributed by atoms with van der Waals surface area (Å²) in [7, 11) is 0. The van der Waals surface area contributed by atoms with Gasteiger partial charge in [0.1, 0.15) is 0 Å². The predicted octanol–water partition coefficient (Wildman–Crippen LogP) is 9.28. The molecule has 6 aromatic carbocycles. The third-order valence-corrected chi connectivity index (χ3v) is 7.63. The van der Waals surface area contributed by atoms with E-state index >= 15 is 0 Å². The van der Waals surface area contributed by atoms with Crippen molar-refractivity contribution in [3.05, 3.63) is 168 Å². The maximum atomic E-state index is 14.1. The number of benzene rings is 6. The Kier molecular flexibility index (Phi) is 6.42. The molecule has 0 aromatic heterocycles. The molecule has 4 heteroatoms. The van der Waals surface area contributed by atoms with E-state index in [1.807, 2.05) is 109 Å². The molecule has 0 fully saturated rings. The van der Waals surface area contributed by atoms with Crippen LogP contribution in [-0.4, -0.2) is 11.6 Å². The molecule has 0 spiro atoms. The summed E-state index contributed by atoms with van der Waals surface area (Å²) in [5.41, 5.74) is 8.62. The van der Waals surface area contributed by atoms with E-state index in [2.05, 4.69) is 34.9 Å². The van der Waals surface area contributed by atoms with Crippen LogP contribution < -0.4 is 10.6 Å². The quantitative estimate of drug-likeness (QED) is 0.220. The van der Waals surface area contributed by atoms with Gasteiger partial charge in [-0.2, -0.15) is 0 Å². The predicted molar refractivity (Wildman–Crippen MR) is 170 cm³/mol. The summed E-state index contributed by atoms with van der Waals surface area (Å²) in [6.45, 7) is 0. The Labute approximate surface area is 244 Å². The average Bonchev–Trinajstić information content (AvgIpc) is 3.05. The van der Waals surface area contributed by atoms with Gasteiger partial charge in [-0.3, -0.25) is 9.59 Å². The molecule has 7 rings (SSSR count). The Bertz CT molecular complexity index is 1820. The third-order valence-electron chi connectivity index (χ3n) is 7.63. The zero-order chi connectivity index (χ0) is 28.5. The molecule has 0 radical (unpaired) electrons. The van der Waals surface area contributed by atoms with E-state index in [1.54, 1.807) is 12.1 Å². The van der Waals surface area contributed by atoms with Crippen molar-refractivity contribution in [3.63, 3.8) is 0 Å². The first-order chi connectivity index (χ1) is 20.7. The zero-order valence-electron chi connectivity index (χ0n) is 22.7. The van der Waals surface area contributed by atoms with Crippen LogP contribution >= 0.6 is 0 Å². The lowest BCUT2D eigenvalue weighted by Gasteiger charge is -2.24. The van der Waals surface area contributed by atoms with Gasteiger partial charge in [0.05, 0.1) is 22.5 Å². The number of carbonyl (C=O) groups is 2. The van der Waals surface area contributed by atoms with Crippen LogP contribution in [0.1, 0.15) is 31.8 Å². The highest BCUT2D eigenvalue weighted by molar-refractivity contribution is 6.32. The molecule has 6 aromatic rings. The van der Waals surface area contributed by atoms with Gasteiger partial charge in [0.25, 0.3) is 0 Å². The highest BCUT2D eigenvalue weighted by Crippen LogP contribution is 2.39. The molecule has 4 nitrogen and oxygen atoms in total. The molecular formula is C38H26N2O2. The number of hydrogen-bond donors (Lipinski definition) is 2. The highest BCUT2D eigenvalue weighted by atomic mass is 16.1. The van der Waals surface area contributed by atoms with Crippen molar-refractivity contribution in [3.8, 4) is 22.3 Å². The minimum absolute atomic E-state index is 0.181. The molecule has 0 bridgehead atoms. The van der Waals surface area contributed by atoms with Crippen LogP contribution in [0.2, 0.25) is 0 Å². The average molecular weight is 543 g/mol. The fourth-order valence-corrected chi connectivity index (χ4v) is 5.66. The molecule has 42 heavy (non-hydrogen) atoms. The van der Waals surface area contributed by atoms with Gasteiger partial charge in [-0.15, -0.1) is 0 Å². The molecule has 0 saturated heterocycles. The van der Waals surface area contributed by atoms with Crippen molar-refractivity contribution in [2.45, 2.75) is 0 Å². The molecule has 0 atom stereocenters. The summed E-state index contributed by atoms with van der Waals surface area (Å²) in [5.74, 6) is -0.361. The van der Waals surface area contributed by atoms with Gasteiger partial charge in [0.15, 0.2) is 11.6 Å². The standard InChI is InChI=1S/C38H26N2O2/c41-37-30-20-12-24-34(40-32-22-10-8-18-28(32)26-15-5-2-6-16-26)36(30)38(42)29-19-11-23-33(35(29)37)39-31-21-9-7-17-27(31)25-13-3-1-4-14-25/h1-24,39-40H. The first kappa shape index (κ1) is 25.2. The van der Waals surface area contributed by atoms with Crippen LogP contribution in [0.3, 0.4) is 0 Å². The largest absolute Gasteiger partial charge is 0.354 e. The van der Waals surface area contributed by atoms with Gasteiger partial charge < -0.3 is 10.6 Å². The number of carbonyl (C=O) groups excluding carboxylic acids is 2. The molecule has 200 valence electrons. The smallest absolute Gasteiger partial charge is 0.196 e. The van der Waals surface area contributed by atoms with Gasteiger partial charge in [0, 0.05) is 33.6 Å². The fraction of sp³-hybridized carbons (Fsp3) is 0. The van der Waals surface area contributed by atoms with Gasteiger partial charge in [-0.25, -0.2) is 0 Å². The van der Waals surface area contributed by atoms with E-state index in [9.17, 15) is 9.59 Å². The normalized spacial score (nSPS) is 11.9. The topological polar surface area (TPSA) is 58.2 Å². The Balaban J connectivity index is 1.28. The van der Waals surface area contributed by atoms with Gasteiger partial charge >= 0.3 is 0 Å². The number of hydrogen-bond acceptors (Lipinski definition) is 4. The Morgan fingerprint density at radius 2 is 0.643 bits per heavy atom. The molecule has 0 unspecified atom stereocenters. The minimum Gasteiger partial charge on any atom is -0.354 e. The summed E-state index contributed by atoms with van der Waals surface area (Å²) in [4.78, 5) is 28.2. The van der Waals surface area contributed by atoms with Crippen LogP contribution in [0, 0.1) is 0 Å². The van der Waals surface area contributed by atoms with Crippen molar-refractivity contribution < 1.29 is 9.59 Å². The van der Waals surface area contributed by atoms with Crippen molar-refractivity contribution in [2.24, 2.45) is 0 Å². The molecular weight excluding hydrogens is 516 g/mol. The summed E-state index contributed by atoms with van der Waals surface area (Å²) >= 11 is 0. The second-order valence-corrected chi connectivity index (χ2v) is 10.2. The van der Waals surface area contributed by atoms with Crippen molar-refractivity contribution in [1.82, 2.24) is 0 Å². The van der Waals surface area contributed by atoms with Crippen LogP contribution in [0.15, 0.2) is 146 Å². The third kappa shape index (κ3) is 4.45. The van der Waals surface area contributed by atoms with Crippen LogP contribution in [0.5, 0.6) is 0 Å². The molecule has 0 aliphatic heterocycles. The van der Waals surface area contributed by atoms with Gasteiger partial charge in [-0.1, -0.05) is 121 Å². The SMILES string of the molecule is O=C1c2cccc(Nc3ccccc3-c3ccccc3)c2C(=O)c2cccc(Nc3ccccc3-c3ccccc3)c21. The first-order valence-corrected chi connectivity index (χ1v) is 13.9. The lowest BCUT2D eigenvalue weighted by Crippen LogP contribution is -2.23. The summed E-state index contributed by atoms with van der Waals surface area (Å²) in [6, 6.07) is 46.9. The molecule has 1 aliphatic carbocycles. The van der Waals surface area contributed by atoms with E-state index in [1.165, 1.54) is 0 Å². The Morgan fingerprint density at radius 3 is 1.07 bits per heavy atom. The zero-order valence-corrected chi connectivity index (χ0v) is 22.7. The van der Waals surface area contributed by atoms with Crippen molar-refractivity contribution >= 4 is 34.3 Å². The van der Waals surface area contributed by atoms with Crippen LogP contribution in [0.25, 0.3) is 22.3 Å². The number of para-hydroxylation sites is 2. The lowest BCUT2D eigenvalue weighted by molar-refractivity contribution is 0.0980. The second-order valence-electron chi connectivity index (χ2n) is 10.2. The number of ketones is 2. The lowest BCUT2D eigenvalue weighted by atomic mass is 9.82. The minimum atomic E-state index is -0.181. The molecule has 0 heterocycles. The first-order valence-electron chi connectivity index (χ1n) is 13.9. The van der Waals surface area contributed by atoms with E-state index in [0.29, 0.717) is 33.6 Å². The van der Waals surface area contributed by atoms with E-state index in [-0.39, 0.29) is 11.6 Å². The fourth-order valence-electron chi connectivity index (χ4n) is 5.66. The number of fused-ring (bicyclic) bond motifs is 2. The maximum absolute atomic E-state index is 14.1. The monoisotopic (exact) mass is 542 g/mol. The van der Waals surface area contributed by atoms with E-state index in [4.69, 9.17) is 0 Å². The van der Waals surface area contributed by atoms with Crippen molar-refractivity contribution in [2.75, 3.05) is 10.6 Å². The summed E-state index contributed by atoms with van der Waals surface area (Å²) in [6.07, 6.45) is 0. The van der Waals surface area contributed by atoms with Crippen LogP contribution in [-0.2, 0) is 0 Å². The van der Waals surface area contributed by atoms with E-state index in [0.717, 1.165) is 33.6 Å². The molecule has 1 aliphatic rings. The molecule has 0 amide bonds. The van der Waals surface area contributed by atoms with E-state index < -0.39 is 0 Å². The summed E-state index contributed by atoms with van der Waals surface area (Å²) in [5, 5.41) is 6.94. The summed E-state index contributed by atoms with van der Waals surface area (Å²) < 4.78 is 0. The van der Waals surface area contributed by atoms with Gasteiger partial charge in [0.2, 0.25) is 0 Å². The van der Waals surface area contributed by atoms with Gasteiger partial charge in [-0.05, 0) is 35.4 Å². The Morgan fingerprint density at radius 1 is 0.310 bits per heavy atom. The highest BCUT2D eigenvalue weighted by Gasteiger charge is 2.34. The van der Waals surface area contributed by atoms with Crippen molar-refractivity contribution in [1.29, 1.82) is 0 Å². The van der Waals surface area contributed by atoms with Crippen LogP contribution in [0.4, 0.5) is 22.7 Å². The number of rotatable bonds is 6. The molecule has 2 N–H and O–H groups in total. The maximum Gasteiger partial charge on any atom is 0.196 e. The molecule has 0 saturated carbocycles. The Hall–Kier alpha value is -5.74. The number of nitrogens with one attached hydrogen (secondary N) is 2.